The molecular formula is C17H21ClN2. The molecule has 0 radical (unpaired) electrons. The van der Waals surface area contributed by atoms with Gasteiger partial charge in [-0.25, -0.2) is 9.97 Å². The fourth-order valence-electron chi connectivity index (χ4n) is 2.21. The highest BCUT2D eigenvalue weighted by Crippen LogP contribution is 2.26. The maximum Gasteiger partial charge on any atom is 0.161 e. The van der Waals surface area contributed by atoms with Crippen LogP contribution in [0.3, 0.4) is 0 Å². The topological polar surface area (TPSA) is 25.8 Å². The summed E-state index contributed by atoms with van der Waals surface area (Å²) in [4.78, 5) is 8.99. The maximum atomic E-state index is 6.24. The molecule has 0 aliphatic rings. The summed E-state index contributed by atoms with van der Waals surface area (Å²) in [5.41, 5.74) is 4.45. The van der Waals surface area contributed by atoms with Crippen LogP contribution in [0, 0.1) is 6.92 Å². The van der Waals surface area contributed by atoms with E-state index in [-0.39, 0.29) is 5.41 Å². The molecule has 106 valence electrons. The highest BCUT2D eigenvalue weighted by Gasteiger charge is 2.14. The second kappa shape index (κ2) is 5.53. The number of rotatable bonds is 2. The Morgan fingerprint density at radius 3 is 2.10 bits per heavy atom. The SMILES string of the molecule is CCc1c(C)nc(-c2ccc(C(C)(C)C)cc2)nc1Cl. The first-order chi connectivity index (χ1) is 9.32. The minimum absolute atomic E-state index is 0.152. The van der Waals surface area contributed by atoms with Crippen LogP contribution in [0.5, 0.6) is 0 Å². The van der Waals surface area contributed by atoms with E-state index in [4.69, 9.17) is 11.6 Å². The average molecular weight is 289 g/mol. The summed E-state index contributed by atoms with van der Waals surface area (Å²) >= 11 is 6.24. The van der Waals surface area contributed by atoms with E-state index in [1.54, 1.807) is 0 Å². The van der Waals surface area contributed by atoms with Crippen molar-refractivity contribution in [1.29, 1.82) is 0 Å². The van der Waals surface area contributed by atoms with Gasteiger partial charge in [-0.05, 0) is 24.3 Å². The average Bonchev–Trinajstić information content (AvgIpc) is 2.37. The fourth-order valence-corrected chi connectivity index (χ4v) is 2.56. The Hall–Kier alpha value is -1.41. The highest BCUT2D eigenvalue weighted by molar-refractivity contribution is 6.30. The number of aryl methyl sites for hydroxylation is 1. The summed E-state index contributed by atoms with van der Waals surface area (Å²) in [5, 5.41) is 0.565. The largest absolute Gasteiger partial charge is 0.233 e. The molecule has 0 unspecified atom stereocenters. The van der Waals surface area contributed by atoms with Crippen molar-refractivity contribution in [3.05, 3.63) is 46.2 Å². The molecule has 0 N–H and O–H groups in total. The summed E-state index contributed by atoms with van der Waals surface area (Å²) < 4.78 is 0. The molecule has 0 amide bonds. The summed E-state index contributed by atoms with van der Waals surface area (Å²) in [5.74, 6) is 0.699. The van der Waals surface area contributed by atoms with E-state index in [1.807, 2.05) is 6.92 Å². The Morgan fingerprint density at radius 1 is 1.05 bits per heavy atom. The van der Waals surface area contributed by atoms with Crippen LogP contribution in [-0.4, -0.2) is 9.97 Å². The molecule has 2 aromatic rings. The summed E-state index contributed by atoms with van der Waals surface area (Å²) in [6, 6.07) is 8.40. The number of aromatic nitrogens is 2. The van der Waals surface area contributed by atoms with Gasteiger partial charge in [-0.15, -0.1) is 0 Å². The standard InChI is InChI=1S/C17H21ClN2/c1-6-14-11(2)19-16(20-15(14)18)12-7-9-13(10-8-12)17(3,4)5/h7-10H,6H2,1-5H3. The van der Waals surface area contributed by atoms with Crippen molar-refractivity contribution in [2.45, 2.75) is 46.5 Å². The van der Waals surface area contributed by atoms with Crippen molar-refractivity contribution >= 4 is 11.6 Å². The van der Waals surface area contributed by atoms with Gasteiger partial charge in [0.1, 0.15) is 5.15 Å². The van der Waals surface area contributed by atoms with E-state index in [0.717, 1.165) is 23.2 Å². The van der Waals surface area contributed by atoms with Crippen molar-refractivity contribution < 1.29 is 0 Å². The number of halogens is 1. The Bertz CT molecular complexity index is 587. The van der Waals surface area contributed by atoms with Crippen LogP contribution in [-0.2, 0) is 11.8 Å². The molecule has 0 saturated carbocycles. The zero-order chi connectivity index (χ0) is 14.9. The van der Waals surface area contributed by atoms with Crippen LogP contribution in [0.15, 0.2) is 24.3 Å². The number of nitrogens with zero attached hydrogens (tertiary/aromatic N) is 2. The smallest absolute Gasteiger partial charge is 0.161 e. The van der Waals surface area contributed by atoms with E-state index in [0.29, 0.717) is 11.0 Å². The molecule has 0 atom stereocenters. The van der Waals surface area contributed by atoms with E-state index in [1.165, 1.54) is 5.56 Å². The third kappa shape index (κ3) is 3.01. The van der Waals surface area contributed by atoms with Crippen LogP contribution in [0.25, 0.3) is 11.4 Å². The van der Waals surface area contributed by atoms with Gasteiger partial charge in [-0.2, -0.15) is 0 Å². The maximum absolute atomic E-state index is 6.24. The monoisotopic (exact) mass is 288 g/mol. The first kappa shape index (κ1) is 15.0. The summed E-state index contributed by atoms with van der Waals surface area (Å²) in [6.07, 6.45) is 0.855. The van der Waals surface area contributed by atoms with E-state index < -0.39 is 0 Å². The minimum Gasteiger partial charge on any atom is -0.233 e. The van der Waals surface area contributed by atoms with Gasteiger partial charge in [0.15, 0.2) is 5.82 Å². The molecule has 2 nitrogen and oxygen atoms in total. The zero-order valence-electron chi connectivity index (χ0n) is 12.8. The van der Waals surface area contributed by atoms with Crippen molar-refractivity contribution in [2.75, 3.05) is 0 Å². The highest BCUT2D eigenvalue weighted by atomic mass is 35.5. The second-order valence-electron chi connectivity index (χ2n) is 6.08. The number of hydrogen-bond acceptors (Lipinski definition) is 2. The van der Waals surface area contributed by atoms with E-state index in [2.05, 4.69) is 61.9 Å². The fraction of sp³-hybridized carbons (Fsp3) is 0.412. The molecule has 2 rings (SSSR count). The summed E-state index contributed by atoms with van der Waals surface area (Å²) in [7, 11) is 0. The zero-order valence-corrected chi connectivity index (χ0v) is 13.5. The van der Waals surface area contributed by atoms with E-state index in [9.17, 15) is 0 Å². The lowest BCUT2D eigenvalue weighted by Gasteiger charge is -2.19. The first-order valence-corrected chi connectivity index (χ1v) is 7.34. The predicted molar refractivity (Wildman–Crippen MR) is 85.3 cm³/mol. The lowest BCUT2D eigenvalue weighted by atomic mass is 9.87. The lowest BCUT2D eigenvalue weighted by molar-refractivity contribution is 0.590. The molecule has 1 aromatic carbocycles. The van der Waals surface area contributed by atoms with Gasteiger partial charge >= 0.3 is 0 Å². The molecule has 0 spiro atoms. The van der Waals surface area contributed by atoms with Gasteiger partial charge in [-0.3, -0.25) is 0 Å². The molecule has 0 saturated heterocycles. The Morgan fingerprint density at radius 2 is 1.65 bits per heavy atom. The van der Waals surface area contributed by atoms with Crippen LogP contribution < -0.4 is 0 Å². The third-order valence-corrected chi connectivity index (χ3v) is 3.84. The van der Waals surface area contributed by atoms with Gasteiger partial charge in [-0.1, -0.05) is 63.6 Å². The van der Waals surface area contributed by atoms with Crippen LogP contribution in [0.2, 0.25) is 5.15 Å². The first-order valence-electron chi connectivity index (χ1n) is 6.97. The number of benzene rings is 1. The van der Waals surface area contributed by atoms with Gasteiger partial charge < -0.3 is 0 Å². The van der Waals surface area contributed by atoms with Gasteiger partial charge in [0, 0.05) is 16.8 Å². The van der Waals surface area contributed by atoms with Crippen molar-refractivity contribution in [3.63, 3.8) is 0 Å². The van der Waals surface area contributed by atoms with Gasteiger partial charge in [0.2, 0.25) is 0 Å². The van der Waals surface area contributed by atoms with Crippen LogP contribution >= 0.6 is 11.6 Å². The quantitative estimate of drug-likeness (QED) is 0.730. The molecule has 0 bridgehead atoms. The van der Waals surface area contributed by atoms with Crippen molar-refractivity contribution in [3.8, 4) is 11.4 Å². The lowest BCUT2D eigenvalue weighted by Crippen LogP contribution is -2.10. The van der Waals surface area contributed by atoms with Crippen molar-refractivity contribution in [1.82, 2.24) is 9.97 Å². The molecule has 20 heavy (non-hydrogen) atoms. The van der Waals surface area contributed by atoms with Gasteiger partial charge in [0.25, 0.3) is 0 Å². The normalized spacial score (nSPS) is 11.7. The predicted octanol–water partition coefficient (Wildman–Crippen LogP) is 4.97. The Kier molecular flexibility index (Phi) is 4.14. The van der Waals surface area contributed by atoms with Gasteiger partial charge in [0.05, 0.1) is 0 Å². The van der Waals surface area contributed by atoms with E-state index >= 15 is 0 Å². The van der Waals surface area contributed by atoms with Crippen LogP contribution in [0.1, 0.15) is 44.5 Å². The number of hydrogen-bond donors (Lipinski definition) is 0. The Balaban J connectivity index is 2.42. The molecule has 1 aromatic heterocycles. The Labute approximate surface area is 126 Å². The third-order valence-electron chi connectivity index (χ3n) is 3.53. The minimum atomic E-state index is 0.152. The van der Waals surface area contributed by atoms with Crippen molar-refractivity contribution in [2.24, 2.45) is 0 Å². The molecule has 1 heterocycles. The molecule has 3 heteroatoms. The summed E-state index contributed by atoms with van der Waals surface area (Å²) in [6.45, 7) is 10.7. The second-order valence-corrected chi connectivity index (χ2v) is 6.44. The molecule has 0 aliphatic carbocycles. The van der Waals surface area contributed by atoms with Crippen LogP contribution in [0.4, 0.5) is 0 Å². The molecular weight excluding hydrogens is 268 g/mol. The molecule has 0 aliphatic heterocycles. The molecule has 0 fully saturated rings.